The number of hydrogen-bond donors (Lipinski definition) is 1. The summed E-state index contributed by atoms with van der Waals surface area (Å²) < 4.78 is 11.5. The number of likely N-dealkylation sites (N-methyl/N-ethyl adjacent to an activating group) is 1. The lowest BCUT2D eigenvalue weighted by Gasteiger charge is -2.32. The summed E-state index contributed by atoms with van der Waals surface area (Å²) in [5, 5.41) is 2.98. The summed E-state index contributed by atoms with van der Waals surface area (Å²) >= 11 is 0. The van der Waals surface area contributed by atoms with Crippen LogP contribution in [0.1, 0.15) is 29.9 Å². The summed E-state index contributed by atoms with van der Waals surface area (Å²) in [6, 6.07) is 14.0. The third kappa shape index (κ3) is 4.77. The van der Waals surface area contributed by atoms with Crippen LogP contribution in [0.3, 0.4) is 0 Å². The Morgan fingerprint density at radius 3 is 2.67 bits per heavy atom. The van der Waals surface area contributed by atoms with Gasteiger partial charge in [0.05, 0.1) is 13.7 Å². The first-order chi connectivity index (χ1) is 14.6. The molecule has 2 aliphatic heterocycles. The van der Waals surface area contributed by atoms with Crippen LogP contribution in [-0.4, -0.2) is 69.2 Å². The SMILES string of the molecule is COc1ccc2c(c1)NC(=O)CC2c1ccccc1OCCCN1CCN(C)CC1. The number of amides is 1. The van der Waals surface area contributed by atoms with Gasteiger partial charge >= 0.3 is 0 Å². The fraction of sp³-hybridized carbons (Fsp3) is 0.458. The van der Waals surface area contributed by atoms with Gasteiger partial charge in [0, 0.05) is 62.4 Å². The largest absolute Gasteiger partial charge is 0.497 e. The van der Waals surface area contributed by atoms with Crippen LogP contribution in [0.2, 0.25) is 0 Å². The molecule has 6 nitrogen and oxygen atoms in total. The monoisotopic (exact) mass is 409 g/mol. The molecule has 1 saturated heterocycles. The van der Waals surface area contributed by atoms with Crippen LogP contribution in [0.15, 0.2) is 42.5 Å². The highest BCUT2D eigenvalue weighted by atomic mass is 16.5. The van der Waals surface area contributed by atoms with Gasteiger partial charge in [-0.1, -0.05) is 24.3 Å². The van der Waals surface area contributed by atoms with E-state index in [2.05, 4.69) is 28.2 Å². The maximum absolute atomic E-state index is 12.4. The first kappa shape index (κ1) is 20.7. The third-order valence-corrected chi connectivity index (χ3v) is 6.07. The Kier molecular flexibility index (Phi) is 6.55. The van der Waals surface area contributed by atoms with Crippen molar-refractivity contribution < 1.29 is 14.3 Å². The number of hydrogen-bond acceptors (Lipinski definition) is 5. The van der Waals surface area contributed by atoms with Crippen LogP contribution in [0, 0.1) is 0 Å². The summed E-state index contributed by atoms with van der Waals surface area (Å²) in [5.41, 5.74) is 2.99. The summed E-state index contributed by atoms with van der Waals surface area (Å²) in [6.45, 7) is 6.27. The molecular weight excluding hydrogens is 378 g/mol. The van der Waals surface area contributed by atoms with Crippen LogP contribution >= 0.6 is 0 Å². The van der Waals surface area contributed by atoms with Gasteiger partial charge in [0.1, 0.15) is 11.5 Å². The van der Waals surface area contributed by atoms with Gasteiger partial charge in [0.2, 0.25) is 5.91 Å². The molecular formula is C24H31N3O3. The molecule has 0 radical (unpaired) electrons. The topological polar surface area (TPSA) is 54.0 Å². The maximum atomic E-state index is 12.4. The molecule has 0 aromatic heterocycles. The van der Waals surface area contributed by atoms with Crippen LogP contribution in [0.5, 0.6) is 11.5 Å². The van der Waals surface area contributed by atoms with Gasteiger partial charge in [-0.05, 0) is 31.2 Å². The summed E-state index contributed by atoms with van der Waals surface area (Å²) in [6.07, 6.45) is 1.41. The zero-order valence-electron chi connectivity index (χ0n) is 17.9. The van der Waals surface area contributed by atoms with Crippen molar-refractivity contribution in [2.45, 2.75) is 18.8 Å². The van der Waals surface area contributed by atoms with E-state index < -0.39 is 0 Å². The molecule has 2 aromatic rings. The van der Waals surface area contributed by atoms with Gasteiger partial charge in [0.15, 0.2) is 0 Å². The smallest absolute Gasteiger partial charge is 0.225 e. The number of ether oxygens (including phenoxy) is 2. The number of para-hydroxylation sites is 1. The van der Waals surface area contributed by atoms with E-state index in [1.54, 1.807) is 7.11 Å². The average molecular weight is 410 g/mol. The van der Waals surface area contributed by atoms with Crippen LogP contribution in [0.4, 0.5) is 5.69 Å². The highest BCUT2D eigenvalue weighted by molar-refractivity contribution is 5.95. The molecule has 1 atom stereocenters. The molecule has 0 saturated carbocycles. The number of methoxy groups -OCH3 is 1. The Morgan fingerprint density at radius 2 is 1.87 bits per heavy atom. The van der Waals surface area contributed by atoms with Gasteiger partial charge in [0.25, 0.3) is 0 Å². The van der Waals surface area contributed by atoms with Gasteiger partial charge in [-0.2, -0.15) is 0 Å². The molecule has 6 heteroatoms. The zero-order chi connectivity index (χ0) is 20.9. The lowest BCUT2D eigenvalue weighted by molar-refractivity contribution is -0.116. The minimum Gasteiger partial charge on any atom is -0.497 e. The van der Waals surface area contributed by atoms with Gasteiger partial charge in [-0.25, -0.2) is 0 Å². The number of carbonyl (C=O) groups excluding carboxylic acids is 1. The molecule has 4 rings (SSSR count). The van der Waals surface area contributed by atoms with Crippen molar-refractivity contribution in [3.63, 3.8) is 0 Å². The highest BCUT2D eigenvalue weighted by Crippen LogP contribution is 2.41. The van der Waals surface area contributed by atoms with Crippen molar-refractivity contribution >= 4 is 11.6 Å². The fourth-order valence-electron chi connectivity index (χ4n) is 4.29. The predicted molar refractivity (Wildman–Crippen MR) is 119 cm³/mol. The molecule has 0 spiro atoms. The minimum atomic E-state index is -0.0199. The van der Waals surface area contributed by atoms with E-state index in [4.69, 9.17) is 9.47 Å². The van der Waals surface area contributed by atoms with Crippen molar-refractivity contribution in [1.29, 1.82) is 0 Å². The Balaban J connectivity index is 1.44. The van der Waals surface area contributed by atoms with Crippen LogP contribution in [-0.2, 0) is 4.79 Å². The number of nitrogens with zero attached hydrogens (tertiary/aromatic N) is 2. The first-order valence-corrected chi connectivity index (χ1v) is 10.7. The van der Waals surface area contributed by atoms with Crippen LogP contribution in [0.25, 0.3) is 0 Å². The second kappa shape index (κ2) is 9.49. The summed E-state index contributed by atoms with van der Waals surface area (Å²) in [7, 11) is 3.81. The van der Waals surface area contributed by atoms with Crippen molar-refractivity contribution in [3.8, 4) is 11.5 Å². The van der Waals surface area contributed by atoms with E-state index in [0.29, 0.717) is 13.0 Å². The number of benzene rings is 2. The van der Waals surface area contributed by atoms with Gasteiger partial charge < -0.3 is 24.6 Å². The van der Waals surface area contributed by atoms with Crippen molar-refractivity contribution in [2.24, 2.45) is 0 Å². The van der Waals surface area contributed by atoms with E-state index in [1.165, 1.54) is 0 Å². The molecule has 1 unspecified atom stereocenters. The Hall–Kier alpha value is -2.57. The molecule has 1 amide bonds. The van der Waals surface area contributed by atoms with E-state index in [-0.39, 0.29) is 11.8 Å². The number of rotatable bonds is 7. The van der Waals surface area contributed by atoms with Crippen molar-refractivity contribution in [3.05, 3.63) is 53.6 Å². The Bertz CT molecular complexity index is 878. The number of piperazine rings is 1. The first-order valence-electron chi connectivity index (χ1n) is 10.7. The quantitative estimate of drug-likeness (QED) is 0.712. The molecule has 160 valence electrons. The highest BCUT2D eigenvalue weighted by Gasteiger charge is 2.29. The normalized spacial score (nSPS) is 19.8. The predicted octanol–water partition coefficient (Wildman–Crippen LogP) is 3.19. The molecule has 1 N–H and O–H groups in total. The zero-order valence-corrected chi connectivity index (χ0v) is 17.9. The van der Waals surface area contributed by atoms with E-state index in [1.807, 2.05) is 36.4 Å². The number of nitrogens with one attached hydrogen (secondary N) is 1. The second-order valence-electron chi connectivity index (χ2n) is 8.14. The number of carbonyl (C=O) groups is 1. The summed E-state index contributed by atoms with van der Waals surface area (Å²) in [4.78, 5) is 17.3. The molecule has 0 bridgehead atoms. The Morgan fingerprint density at radius 1 is 1.07 bits per heavy atom. The van der Waals surface area contributed by atoms with Crippen molar-refractivity contribution in [1.82, 2.24) is 9.80 Å². The Labute approximate surface area is 178 Å². The molecule has 2 aliphatic rings. The second-order valence-corrected chi connectivity index (χ2v) is 8.14. The average Bonchev–Trinajstić information content (AvgIpc) is 2.77. The van der Waals surface area contributed by atoms with Crippen molar-refractivity contribution in [2.75, 3.05) is 58.8 Å². The molecule has 0 aliphatic carbocycles. The molecule has 30 heavy (non-hydrogen) atoms. The third-order valence-electron chi connectivity index (χ3n) is 6.07. The lowest BCUT2D eigenvalue weighted by atomic mass is 9.84. The fourth-order valence-corrected chi connectivity index (χ4v) is 4.29. The lowest BCUT2D eigenvalue weighted by Crippen LogP contribution is -2.44. The number of fused-ring (bicyclic) bond motifs is 1. The summed E-state index contributed by atoms with van der Waals surface area (Å²) in [5.74, 6) is 1.61. The molecule has 1 fully saturated rings. The van der Waals surface area contributed by atoms with E-state index in [0.717, 1.165) is 67.5 Å². The maximum Gasteiger partial charge on any atom is 0.225 e. The van der Waals surface area contributed by atoms with E-state index >= 15 is 0 Å². The molecule has 2 aromatic carbocycles. The minimum absolute atomic E-state index is 0.0191. The van der Waals surface area contributed by atoms with E-state index in [9.17, 15) is 4.79 Å². The van der Waals surface area contributed by atoms with Crippen LogP contribution < -0.4 is 14.8 Å². The number of anilines is 1. The van der Waals surface area contributed by atoms with Gasteiger partial charge in [-0.15, -0.1) is 0 Å². The molecule has 2 heterocycles. The standard InChI is InChI=1S/C24H31N3O3/c1-26-11-13-27(14-12-26)10-5-15-30-23-7-4-3-6-20(23)21-17-24(28)25-22-16-18(29-2)8-9-19(21)22/h3-4,6-9,16,21H,5,10-15,17H2,1-2H3,(H,25,28). The van der Waals surface area contributed by atoms with Gasteiger partial charge in [-0.3, -0.25) is 4.79 Å².